The molecule has 1 fully saturated rings. The van der Waals surface area contributed by atoms with E-state index in [2.05, 4.69) is 9.72 Å². The summed E-state index contributed by atoms with van der Waals surface area (Å²) < 4.78 is 80.5. The van der Waals surface area contributed by atoms with Gasteiger partial charge in [0.05, 0.1) is 52.9 Å². The van der Waals surface area contributed by atoms with Crippen LogP contribution >= 0.6 is 23.2 Å². The number of halogens is 4. The van der Waals surface area contributed by atoms with Crippen LogP contribution in [0.1, 0.15) is 71.6 Å². The number of anilines is 1. The number of pyridine rings is 1. The molecule has 0 spiro atoms. The Morgan fingerprint density at radius 3 is 2.25 bits per heavy atom. The van der Waals surface area contributed by atoms with Gasteiger partial charge in [-0.15, -0.1) is 0 Å². The molecule has 1 atom stereocenters. The summed E-state index contributed by atoms with van der Waals surface area (Å²) in [5.74, 6) is -2.76. The number of hydrogen-bond acceptors (Lipinski definition) is 12. The van der Waals surface area contributed by atoms with Gasteiger partial charge in [-0.2, -0.15) is 8.78 Å². The third-order valence-corrected chi connectivity index (χ3v) is 10.9. The number of sulfonamides is 1. The average Bonchev–Trinajstić information content (AvgIpc) is 3.95. The molecule has 2 heterocycles. The fraction of sp³-hybridized carbons (Fsp3) is 0.462. The zero-order chi connectivity index (χ0) is 43.2. The van der Waals surface area contributed by atoms with Crippen molar-refractivity contribution in [1.29, 1.82) is 0 Å². The number of methoxy groups -OCH3 is 1. The second-order valence-corrected chi connectivity index (χ2v) is 17.5. The number of imide groups is 1. The Labute approximate surface area is 350 Å². The number of amides is 3. The second kappa shape index (κ2) is 19.1. The first kappa shape index (κ1) is 45.3. The highest BCUT2D eigenvalue weighted by atomic mass is 35.5. The van der Waals surface area contributed by atoms with Gasteiger partial charge in [-0.3, -0.25) is 28.6 Å². The van der Waals surface area contributed by atoms with Crippen LogP contribution < -0.4 is 13.8 Å². The lowest BCUT2D eigenvalue weighted by atomic mass is 10.0. The second-order valence-electron chi connectivity index (χ2n) is 14.8. The van der Waals surface area contributed by atoms with E-state index < -0.39 is 58.8 Å². The summed E-state index contributed by atoms with van der Waals surface area (Å²) >= 11 is 12.8. The molecule has 2 aromatic carbocycles. The maximum atomic E-state index is 13.7. The number of nitrogens with zero attached hydrogens (tertiary/aromatic N) is 4. The van der Waals surface area contributed by atoms with E-state index in [9.17, 15) is 36.4 Å². The normalized spacial score (nSPS) is 14.6. The van der Waals surface area contributed by atoms with Gasteiger partial charge in [0, 0.05) is 39.0 Å². The number of esters is 1. The Kier molecular flexibility index (Phi) is 14.6. The van der Waals surface area contributed by atoms with Crippen molar-refractivity contribution in [2.75, 3.05) is 57.1 Å². The summed E-state index contributed by atoms with van der Waals surface area (Å²) in [4.78, 5) is 59.7. The molecule has 320 valence electrons. The Hall–Kier alpha value is -4.78. The van der Waals surface area contributed by atoms with Crippen LogP contribution in [0.5, 0.6) is 11.5 Å². The molecule has 15 nitrogen and oxygen atoms in total. The van der Waals surface area contributed by atoms with Gasteiger partial charge in [0.25, 0.3) is 11.8 Å². The minimum Gasteiger partial charge on any atom is -0.489 e. The van der Waals surface area contributed by atoms with E-state index in [0.29, 0.717) is 10.5 Å². The fourth-order valence-corrected chi connectivity index (χ4v) is 7.42. The molecule has 1 aliphatic carbocycles. The van der Waals surface area contributed by atoms with Gasteiger partial charge in [0.15, 0.2) is 11.5 Å². The van der Waals surface area contributed by atoms with E-state index in [1.165, 1.54) is 60.8 Å². The monoisotopic (exact) mass is 884 g/mol. The molecule has 0 radical (unpaired) electrons. The molecule has 3 amide bonds. The Morgan fingerprint density at radius 2 is 1.64 bits per heavy atom. The van der Waals surface area contributed by atoms with Crippen LogP contribution in [0, 0.1) is 5.92 Å². The fourth-order valence-electron chi connectivity index (χ4n) is 5.99. The molecule has 3 aromatic rings. The van der Waals surface area contributed by atoms with E-state index in [1.54, 1.807) is 20.8 Å². The van der Waals surface area contributed by atoms with Gasteiger partial charge in [-0.05, 0) is 81.0 Å². The molecule has 1 saturated carbocycles. The summed E-state index contributed by atoms with van der Waals surface area (Å²) in [7, 11) is -2.55. The molecule has 1 aliphatic heterocycles. The number of rotatable bonds is 19. The topological polar surface area (TPSA) is 171 Å². The van der Waals surface area contributed by atoms with E-state index in [4.69, 9.17) is 42.1 Å². The molecule has 0 N–H and O–H groups in total. The molecule has 5 rings (SSSR count). The van der Waals surface area contributed by atoms with Gasteiger partial charge in [-0.25, -0.2) is 13.2 Å². The maximum absolute atomic E-state index is 13.7. The lowest BCUT2D eigenvalue weighted by molar-refractivity contribution is -0.149. The van der Waals surface area contributed by atoms with Gasteiger partial charge < -0.3 is 28.6 Å². The van der Waals surface area contributed by atoms with Gasteiger partial charge in [0.2, 0.25) is 10.0 Å². The first-order chi connectivity index (χ1) is 27.7. The largest absolute Gasteiger partial charge is 0.489 e. The van der Waals surface area contributed by atoms with Crippen molar-refractivity contribution in [1.82, 2.24) is 14.8 Å². The minimum absolute atomic E-state index is 0.0190. The number of hydrogen-bond donors (Lipinski definition) is 0. The van der Waals surface area contributed by atoms with E-state index >= 15 is 0 Å². The predicted octanol–water partition coefficient (Wildman–Crippen LogP) is 6.55. The summed E-state index contributed by atoms with van der Waals surface area (Å²) in [6, 6.07) is 7.86. The molecule has 1 aromatic heterocycles. The Balaban J connectivity index is 1.37. The van der Waals surface area contributed by atoms with Gasteiger partial charge in [-0.1, -0.05) is 29.3 Å². The first-order valence-corrected chi connectivity index (χ1v) is 21.0. The molecule has 0 unspecified atom stereocenters. The first-order valence-electron chi connectivity index (χ1n) is 18.4. The number of alkyl halides is 2. The highest BCUT2D eigenvalue weighted by molar-refractivity contribution is 7.92. The van der Waals surface area contributed by atoms with Crippen molar-refractivity contribution in [3.05, 3.63) is 81.1 Å². The SMILES string of the molecule is COCCN(CCN(c1ccc2c(c1)C(=O)N(CC(=O)O[C@@H](Cc1c(Cl)cncc1Cl)c1ccc(OC(F)F)c(OCC3CC3)c1)C2=O)S(C)(=O)=O)C(=O)OC(C)(C)C. The predicted molar refractivity (Wildman–Crippen MR) is 212 cm³/mol. The number of carbonyl (C=O) groups excluding carboxylic acids is 4. The molecule has 59 heavy (non-hydrogen) atoms. The molecular formula is C39H44Cl2F2N4O11S. The molecule has 0 saturated heterocycles. The third kappa shape index (κ3) is 12.1. The zero-order valence-corrected chi connectivity index (χ0v) is 35.2. The van der Waals surface area contributed by atoms with Crippen molar-refractivity contribution >= 4 is 62.8 Å². The van der Waals surface area contributed by atoms with Crippen LogP contribution in [-0.2, 0) is 35.4 Å². The van der Waals surface area contributed by atoms with Crippen molar-refractivity contribution in [2.24, 2.45) is 5.92 Å². The standard InChI is InChI=1S/C39H44Cl2F2N4O11S/c1-39(2,3)58-38(51)45(14-15-54-4)12-13-47(59(5,52)53)25-9-10-26-27(17-25)36(50)46(35(26)49)21-34(48)56-32(18-28-29(40)19-44-20-30(28)41)24-8-11-31(57-37(42)43)33(16-24)55-22-23-6-7-23/h8-11,16-17,19-20,23,32,37H,6-7,12-15,18,21-22H2,1-5H3/t32-/m0/s1. The van der Waals surface area contributed by atoms with E-state index in [0.717, 1.165) is 23.4 Å². The highest BCUT2D eigenvalue weighted by Gasteiger charge is 2.39. The number of benzene rings is 2. The van der Waals surface area contributed by atoms with Crippen molar-refractivity contribution in [2.45, 2.75) is 58.4 Å². The Bertz CT molecular complexity index is 2150. The van der Waals surface area contributed by atoms with Gasteiger partial charge >= 0.3 is 18.7 Å². The van der Waals surface area contributed by atoms with Crippen molar-refractivity contribution in [3.8, 4) is 11.5 Å². The summed E-state index contributed by atoms with van der Waals surface area (Å²) in [6.07, 6.45) is 3.45. The smallest absolute Gasteiger partial charge is 0.410 e. The van der Waals surface area contributed by atoms with Crippen LogP contribution in [0.2, 0.25) is 10.0 Å². The summed E-state index contributed by atoms with van der Waals surface area (Å²) in [6.45, 7) is 1.23. The molecule has 2 aliphatic rings. The van der Waals surface area contributed by atoms with Crippen LogP contribution in [0.15, 0.2) is 48.8 Å². The lowest BCUT2D eigenvalue weighted by Crippen LogP contribution is -2.44. The van der Waals surface area contributed by atoms with Crippen LogP contribution in [0.25, 0.3) is 0 Å². The zero-order valence-electron chi connectivity index (χ0n) is 32.9. The van der Waals surface area contributed by atoms with E-state index in [1.807, 2.05) is 0 Å². The Morgan fingerprint density at radius 1 is 0.966 bits per heavy atom. The van der Waals surface area contributed by atoms with Crippen molar-refractivity contribution in [3.63, 3.8) is 0 Å². The van der Waals surface area contributed by atoms with Crippen LogP contribution in [-0.4, -0.2) is 112 Å². The maximum Gasteiger partial charge on any atom is 0.410 e. The number of aromatic nitrogens is 1. The van der Waals surface area contributed by atoms with Gasteiger partial charge in [0.1, 0.15) is 18.2 Å². The minimum atomic E-state index is -4.00. The van der Waals surface area contributed by atoms with Crippen LogP contribution in [0.3, 0.4) is 0 Å². The number of ether oxygens (including phenoxy) is 5. The summed E-state index contributed by atoms with van der Waals surface area (Å²) in [5, 5.41) is 0.293. The lowest BCUT2D eigenvalue weighted by Gasteiger charge is -2.30. The highest BCUT2D eigenvalue weighted by Crippen LogP contribution is 2.38. The van der Waals surface area contributed by atoms with Crippen LogP contribution in [0.4, 0.5) is 19.3 Å². The number of carbonyl (C=O) groups is 4. The van der Waals surface area contributed by atoms with Crippen molar-refractivity contribution < 1.29 is 60.1 Å². The summed E-state index contributed by atoms with van der Waals surface area (Å²) in [5.41, 5.74) is -0.441. The van der Waals surface area contributed by atoms with E-state index in [-0.39, 0.29) is 89.1 Å². The number of fused-ring (bicyclic) bond motifs is 1. The molecule has 20 heteroatoms. The average molecular weight is 886 g/mol. The third-order valence-electron chi connectivity index (χ3n) is 9.06. The molecular weight excluding hydrogens is 841 g/mol. The molecule has 0 bridgehead atoms. The quantitative estimate of drug-likeness (QED) is 0.0941.